The monoisotopic (exact) mass is 469 g/mol. The number of carbonyl (C=O) groups is 1. The van der Waals surface area contributed by atoms with E-state index in [0.29, 0.717) is 51.3 Å². The molecule has 0 saturated carbocycles. The summed E-state index contributed by atoms with van der Waals surface area (Å²) in [6, 6.07) is 11.9. The average molecular weight is 470 g/mol. The fraction of sp³-hybridized carbons (Fsp3) is 0.455. The van der Waals surface area contributed by atoms with Crippen LogP contribution in [0.1, 0.15) is 24.0 Å². The molecule has 1 saturated heterocycles. The highest BCUT2D eigenvalue weighted by Gasteiger charge is 2.31. The maximum absolute atomic E-state index is 12.7. The molecule has 0 aliphatic carbocycles. The number of rotatable bonds is 7. The predicted octanol–water partition coefficient (Wildman–Crippen LogP) is 3.19. The zero-order valence-electron chi connectivity index (χ0n) is 17.6. The molecule has 32 heavy (non-hydrogen) atoms. The molecule has 0 radical (unpaired) electrons. The molecule has 0 spiro atoms. The number of sulfone groups is 1. The Balaban J connectivity index is 1.50. The first-order valence-electron chi connectivity index (χ1n) is 10.4. The van der Waals surface area contributed by atoms with Crippen molar-refractivity contribution in [2.75, 3.05) is 42.6 Å². The first-order valence-corrected chi connectivity index (χ1v) is 12.3. The van der Waals surface area contributed by atoms with Crippen LogP contribution < -0.4 is 4.90 Å². The van der Waals surface area contributed by atoms with Gasteiger partial charge in [0, 0.05) is 32.4 Å². The Bertz CT molecular complexity index is 997. The first kappa shape index (κ1) is 24.0. The van der Waals surface area contributed by atoms with Crippen LogP contribution in [0.2, 0.25) is 0 Å². The summed E-state index contributed by atoms with van der Waals surface area (Å²) in [6.07, 6.45) is -1.99. The maximum Gasteiger partial charge on any atom is 0.417 e. The minimum absolute atomic E-state index is 0.0525. The smallest absolute Gasteiger partial charge is 0.355 e. The summed E-state index contributed by atoms with van der Waals surface area (Å²) < 4.78 is 63.0. The van der Waals surface area contributed by atoms with Gasteiger partial charge in [0.05, 0.1) is 11.3 Å². The predicted molar refractivity (Wildman–Crippen MR) is 116 cm³/mol. The summed E-state index contributed by atoms with van der Waals surface area (Å²) in [5.41, 5.74) is 0.240. The van der Waals surface area contributed by atoms with Crippen molar-refractivity contribution in [1.29, 1.82) is 0 Å². The van der Waals surface area contributed by atoms with Gasteiger partial charge >= 0.3 is 6.18 Å². The van der Waals surface area contributed by atoms with Crippen molar-refractivity contribution >= 4 is 21.6 Å². The molecule has 0 bridgehead atoms. The highest BCUT2D eigenvalue weighted by Crippen LogP contribution is 2.29. The number of benzene rings is 1. The van der Waals surface area contributed by atoms with Gasteiger partial charge in [-0.1, -0.05) is 30.3 Å². The van der Waals surface area contributed by atoms with E-state index in [1.54, 1.807) is 0 Å². The zero-order chi connectivity index (χ0) is 23.2. The number of anilines is 1. The van der Waals surface area contributed by atoms with E-state index >= 15 is 0 Å². The lowest BCUT2D eigenvalue weighted by molar-refractivity contribution is -0.137. The fourth-order valence-corrected chi connectivity index (χ4v) is 4.92. The molecule has 0 N–H and O–H groups in total. The molecule has 174 valence electrons. The van der Waals surface area contributed by atoms with Crippen LogP contribution in [0.4, 0.5) is 19.0 Å². The highest BCUT2D eigenvalue weighted by atomic mass is 32.2. The molecule has 1 amide bonds. The molecule has 1 fully saturated rings. The summed E-state index contributed by atoms with van der Waals surface area (Å²) in [5.74, 6) is -0.614. The van der Waals surface area contributed by atoms with Crippen molar-refractivity contribution < 1.29 is 26.4 Å². The van der Waals surface area contributed by atoms with Gasteiger partial charge in [-0.25, -0.2) is 13.4 Å². The van der Waals surface area contributed by atoms with Gasteiger partial charge in [-0.3, -0.25) is 4.79 Å². The Morgan fingerprint density at radius 3 is 2.41 bits per heavy atom. The van der Waals surface area contributed by atoms with Crippen LogP contribution in [0.15, 0.2) is 48.7 Å². The van der Waals surface area contributed by atoms with E-state index in [-0.39, 0.29) is 5.75 Å². The molecular weight excluding hydrogens is 443 g/mol. The number of pyridine rings is 1. The first-order chi connectivity index (χ1) is 15.1. The molecule has 0 unspecified atom stereocenters. The Morgan fingerprint density at radius 1 is 1.00 bits per heavy atom. The van der Waals surface area contributed by atoms with Gasteiger partial charge in [-0.15, -0.1) is 0 Å². The zero-order valence-corrected chi connectivity index (χ0v) is 18.4. The van der Waals surface area contributed by atoms with Crippen molar-refractivity contribution in [2.45, 2.75) is 25.4 Å². The van der Waals surface area contributed by atoms with Crippen molar-refractivity contribution in [3.05, 3.63) is 59.8 Å². The van der Waals surface area contributed by atoms with E-state index in [2.05, 4.69) is 4.98 Å². The summed E-state index contributed by atoms with van der Waals surface area (Å²) in [5, 5.41) is 0. The van der Waals surface area contributed by atoms with Crippen molar-refractivity contribution in [3.63, 3.8) is 0 Å². The van der Waals surface area contributed by atoms with E-state index in [9.17, 15) is 26.4 Å². The molecular formula is C22H26F3N3O3S. The molecule has 0 atom stereocenters. The number of hydrogen-bond acceptors (Lipinski definition) is 5. The number of nitrogens with zero attached hydrogens (tertiary/aromatic N) is 3. The molecule has 1 aliphatic heterocycles. The molecule has 1 aromatic heterocycles. The lowest BCUT2D eigenvalue weighted by atomic mass is 10.1. The van der Waals surface area contributed by atoms with E-state index in [1.165, 1.54) is 11.0 Å². The third kappa shape index (κ3) is 6.94. The third-order valence-electron chi connectivity index (χ3n) is 5.35. The van der Waals surface area contributed by atoms with Crippen LogP contribution in [-0.4, -0.2) is 61.9 Å². The highest BCUT2D eigenvalue weighted by molar-refractivity contribution is 7.92. The van der Waals surface area contributed by atoms with Gasteiger partial charge in [0.1, 0.15) is 11.6 Å². The van der Waals surface area contributed by atoms with Crippen molar-refractivity contribution in [1.82, 2.24) is 9.88 Å². The van der Waals surface area contributed by atoms with Gasteiger partial charge in [0.2, 0.25) is 5.91 Å². The van der Waals surface area contributed by atoms with Crippen LogP contribution in [0.5, 0.6) is 0 Å². The largest absolute Gasteiger partial charge is 0.417 e. The molecule has 3 rings (SSSR count). The van der Waals surface area contributed by atoms with Gasteiger partial charge in [0.15, 0.2) is 9.84 Å². The van der Waals surface area contributed by atoms with E-state index in [1.807, 2.05) is 35.2 Å². The average Bonchev–Trinajstić information content (AvgIpc) is 3.00. The van der Waals surface area contributed by atoms with E-state index in [0.717, 1.165) is 17.8 Å². The molecule has 2 heterocycles. The molecule has 2 aromatic rings. The second-order valence-corrected chi connectivity index (χ2v) is 9.99. The van der Waals surface area contributed by atoms with Crippen LogP contribution in [0, 0.1) is 0 Å². The second-order valence-electron chi connectivity index (χ2n) is 7.81. The number of alkyl halides is 3. The Labute approximate surface area is 186 Å². The maximum atomic E-state index is 12.7. The number of hydrogen-bond donors (Lipinski definition) is 0. The van der Waals surface area contributed by atoms with E-state index in [4.69, 9.17) is 0 Å². The summed E-state index contributed by atoms with van der Waals surface area (Å²) in [6.45, 7) is 1.58. The van der Waals surface area contributed by atoms with Gasteiger partial charge in [-0.05, 0) is 37.0 Å². The minimum atomic E-state index is -4.44. The SMILES string of the molecule is O=C(CS(=O)(=O)CCCc1ccccc1)N1CCCN(c2ccc(C(F)(F)F)cn2)CC1. The number of halogens is 3. The summed E-state index contributed by atoms with van der Waals surface area (Å²) in [4.78, 5) is 19.8. The van der Waals surface area contributed by atoms with Gasteiger partial charge in [0.25, 0.3) is 0 Å². The van der Waals surface area contributed by atoms with Crippen molar-refractivity contribution in [3.8, 4) is 0 Å². The third-order valence-corrected chi connectivity index (χ3v) is 6.95. The normalized spacial score (nSPS) is 15.5. The van der Waals surface area contributed by atoms with Crippen LogP contribution in [0.25, 0.3) is 0 Å². The second kappa shape index (κ2) is 10.3. The van der Waals surface area contributed by atoms with E-state index < -0.39 is 33.2 Å². The van der Waals surface area contributed by atoms with Crippen molar-refractivity contribution in [2.24, 2.45) is 0 Å². The number of aromatic nitrogens is 1. The Hall–Kier alpha value is -2.62. The number of amides is 1. The van der Waals surface area contributed by atoms with Crippen LogP contribution in [0.3, 0.4) is 0 Å². The summed E-state index contributed by atoms with van der Waals surface area (Å²) in [7, 11) is -3.52. The fourth-order valence-electron chi connectivity index (χ4n) is 3.63. The Kier molecular flexibility index (Phi) is 7.76. The lowest BCUT2D eigenvalue weighted by Gasteiger charge is -2.23. The standard InChI is InChI=1S/C22H26F3N3O3S/c23-22(24,25)19-9-10-20(26-16-19)27-11-5-12-28(14-13-27)21(29)17-32(30,31)15-4-8-18-6-2-1-3-7-18/h1-3,6-7,9-10,16H,4-5,8,11-15,17H2. The Morgan fingerprint density at radius 2 is 1.75 bits per heavy atom. The summed E-state index contributed by atoms with van der Waals surface area (Å²) >= 11 is 0. The molecule has 1 aromatic carbocycles. The molecule has 6 nitrogen and oxygen atoms in total. The number of carbonyl (C=O) groups excluding carboxylic acids is 1. The number of aryl methyl sites for hydroxylation is 1. The minimum Gasteiger partial charge on any atom is -0.355 e. The van der Waals surface area contributed by atoms with Gasteiger partial charge < -0.3 is 9.80 Å². The van der Waals surface area contributed by atoms with Crippen LogP contribution >= 0.6 is 0 Å². The molecule has 10 heteroatoms. The molecule has 1 aliphatic rings. The van der Waals surface area contributed by atoms with Gasteiger partial charge in [-0.2, -0.15) is 13.2 Å². The van der Waals surface area contributed by atoms with Crippen LogP contribution in [-0.2, 0) is 27.2 Å². The lowest BCUT2D eigenvalue weighted by Crippen LogP contribution is -2.39. The topological polar surface area (TPSA) is 70.6 Å². The quantitative estimate of drug-likeness (QED) is 0.623.